The number of halogens is 1. The lowest BCUT2D eigenvalue weighted by Gasteiger charge is -2.24. The minimum atomic E-state index is 0.0255. The Labute approximate surface area is 180 Å². The van der Waals surface area contributed by atoms with Gasteiger partial charge in [-0.05, 0) is 42.9 Å². The number of methoxy groups -OCH3 is 1. The van der Waals surface area contributed by atoms with Gasteiger partial charge in [-0.15, -0.1) is 0 Å². The van der Waals surface area contributed by atoms with Crippen molar-refractivity contribution in [3.8, 4) is 5.75 Å². The van der Waals surface area contributed by atoms with Gasteiger partial charge in [-0.25, -0.2) is 4.98 Å². The Morgan fingerprint density at radius 1 is 1.10 bits per heavy atom. The van der Waals surface area contributed by atoms with E-state index in [2.05, 4.69) is 23.7 Å². The van der Waals surface area contributed by atoms with Gasteiger partial charge in [0.05, 0.1) is 23.3 Å². The minimum Gasteiger partial charge on any atom is -0.497 e. The molecule has 0 aliphatic carbocycles. The Balaban J connectivity index is 1.86. The maximum atomic E-state index is 13.2. The van der Waals surface area contributed by atoms with E-state index in [1.54, 1.807) is 12.0 Å². The van der Waals surface area contributed by atoms with Crippen LogP contribution in [0, 0.1) is 0 Å². The smallest absolute Gasteiger partial charge is 0.233 e. The van der Waals surface area contributed by atoms with Gasteiger partial charge in [0, 0.05) is 13.1 Å². The SMILES string of the molecule is CCN(CC)CCN(C(=O)Cc1ccc(OC)cc1)c1nc2c(Cl)cccc2s1. The third-order valence-electron chi connectivity index (χ3n) is 4.94. The molecule has 0 saturated heterocycles. The van der Waals surface area contributed by atoms with Crippen LogP contribution in [0.15, 0.2) is 42.5 Å². The van der Waals surface area contributed by atoms with Crippen molar-refractivity contribution in [2.24, 2.45) is 0 Å². The molecule has 0 atom stereocenters. The van der Waals surface area contributed by atoms with Crippen molar-refractivity contribution in [3.63, 3.8) is 0 Å². The van der Waals surface area contributed by atoms with Gasteiger partial charge in [-0.2, -0.15) is 0 Å². The summed E-state index contributed by atoms with van der Waals surface area (Å²) in [5, 5.41) is 1.30. The van der Waals surface area contributed by atoms with Gasteiger partial charge in [-0.1, -0.05) is 55.0 Å². The highest BCUT2D eigenvalue weighted by atomic mass is 35.5. The molecule has 0 spiro atoms. The molecular formula is C22H26ClN3O2S. The van der Waals surface area contributed by atoms with Crippen LogP contribution in [-0.4, -0.2) is 49.1 Å². The van der Waals surface area contributed by atoms with E-state index < -0.39 is 0 Å². The van der Waals surface area contributed by atoms with E-state index in [0.717, 1.165) is 41.2 Å². The first-order valence-electron chi connectivity index (χ1n) is 9.76. The van der Waals surface area contributed by atoms with Crippen LogP contribution in [0.2, 0.25) is 5.02 Å². The highest BCUT2D eigenvalue weighted by Gasteiger charge is 2.21. The number of rotatable bonds is 9. The summed E-state index contributed by atoms with van der Waals surface area (Å²) in [6, 6.07) is 13.3. The van der Waals surface area contributed by atoms with Crippen LogP contribution in [0.3, 0.4) is 0 Å². The molecule has 154 valence electrons. The number of carbonyl (C=O) groups excluding carboxylic acids is 1. The van der Waals surface area contributed by atoms with Crippen LogP contribution in [0.1, 0.15) is 19.4 Å². The van der Waals surface area contributed by atoms with Crippen LogP contribution in [-0.2, 0) is 11.2 Å². The molecule has 1 amide bonds. The molecular weight excluding hydrogens is 406 g/mol. The second-order valence-electron chi connectivity index (χ2n) is 6.68. The summed E-state index contributed by atoms with van der Waals surface area (Å²) in [6.07, 6.45) is 0.311. The Kier molecular flexibility index (Phi) is 7.47. The largest absolute Gasteiger partial charge is 0.497 e. The number of hydrogen-bond donors (Lipinski definition) is 0. The third-order valence-corrected chi connectivity index (χ3v) is 6.29. The molecule has 1 heterocycles. The average Bonchev–Trinajstić information content (AvgIpc) is 3.17. The Bertz CT molecular complexity index is 954. The number of thiazole rings is 1. The minimum absolute atomic E-state index is 0.0255. The summed E-state index contributed by atoms with van der Waals surface area (Å²) in [6.45, 7) is 7.54. The van der Waals surface area contributed by atoms with Crippen LogP contribution >= 0.6 is 22.9 Å². The summed E-state index contributed by atoms with van der Waals surface area (Å²) in [4.78, 5) is 22.0. The molecule has 5 nitrogen and oxygen atoms in total. The molecule has 7 heteroatoms. The molecule has 0 fully saturated rings. The number of benzene rings is 2. The van der Waals surface area contributed by atoms with E-state index in [-0.39, 0.29) is 5.91 Å². The van der Waals surface area contributed by atoms with Gasteiger partial charge in [-0.3, -0.25) is 9.69 Å². The van der Waals surface area contributed by atoms with Crippen molar-refractivity contribution >= 4 is 44.2 Å². The van der Waals surface area contributed by atoms with Crippen molar-refractivity contribution in [2.45, 2.75) is 20.3 Å². The molecule has 0 aliphatic rings. The van der Waals surface area contributed by atoms with Crippen LogP contribution in [0.5, 0.6) is 5.75 Å². The van der Waals surface area contributed by atoms with Gasteiger partial charge >= 0.3 is 0 Å². The van der Waals surface area contributed by atoms with E-state index in [1.807, 2.05) is 42.5 Å². The van der Waals surface area contributed by atoms with E-state index >= 15 is 0 Å². The molecule has 0 saturated carbocycles. The van der Waals surface area contributed by atoms with Crippen LogP contribution in [0.4, 0.5) is 5.13 Å². The number of anilines is 1. The fourth-order valence-electron chi connectivity index (χ4n) is 3.14. The Hall–Kier alpha value is -2.15. The van der Waals surface area contributed by atoms with E-state index in [1.165, 1.54) is 11.3 Å². The monoisotopic (exact) mass is 431 g/mol. The molecule has 0 radical (unpaired) electrons. The number of fused-ring (bicyclic) bond motifs is 1. The first-order valence-corrected chi connectivity index (χ1v) is 11.0. The molecule has 29 heavy (non-hydrogen) atoms. The zero-order valence-corrected chi connectivity index (χ0v) is 18.6. The molecule has 0 unspecified atom stereocenters. The van der Waals surface area contributed by atoms with Crippen molar-refractivity contribution in [1.82, 2.24) is 9.88 Å². The molecule has 2 aromatic carbocycles. The molecule has 3 rings (SSSR count). The van der Waals surface area contributed by atoms with Gasteiger partial charge in [0.1, 0.15) is 11.3 Å². The predicted octanol–water partition coefficient (Wildman–Crippen LogP) is 4.88. The highest BCUT2D eigenvalue weighted by Crippen LogP contribution is 2.33. The number of nitrogens with zero attached hydrogens (tertiary/aromatic N) is 3. The molecule has 3 aromatic rings. The van der Waals surface area contributed by atoms with Crippen molar-refractivity contribution < 1.29 is 9.53 Å². The third kappa shape index (κ3) is 5.26. The van der Waals surface area contributed by atoms with Crippen molar-refractivity contribution in [1.29, 1.82) is 0 Å². The quantitative estimate of drug-likeness (QED) is 0.484. The van der Waals surface area contributed by atoms with Crippen LogP contribution in [0.25, 0.3) is 10.2 Å². The molecule has 1 aromatic heterocycles. The zero-order chi connectivity index (χ0) is 20.8. The lowest BCUT2D eigenvalue weighted by atomic mass is 10.1. The van der Waals surface area contributed by atoms with Crippen molar-refractivity contribution in [3.05, 3.63) is 53.1 Å². The zero-order valence-electron chi connectivity index (χ0n) is 17.0. The first-order chi connectivity index (χ1) is 14.0. The second-order valence-corrected chi connectivity index (χ2v) is 8.10. The van der Waals surface area contributed by atoms with Crippen molar-refractivity contribution in [2.75, 3.05) is 38.2 Å². The lowest BCUT2D eigenvalue weighted by Crippen LogP contribution is -2.39. The molecule has 0 aliphatic heterocycles. The number of aromatic nitrogens is 1. The number of amides is 1. The maximum absolute atomic E-state index is 13.2. The topological polar surface area (TPSA) is 45.7 Å². The number of likely N-dealkylation sites (N-methyl/N-ethyl adjacent to an activating group) is 1. The molecule has 0 N–H and O–H groups in total. The summed E-state index contributed by atoms with van der Waals surface area (Å²) in [7, 11) is 1.63. The maximum Gasteiger partial charge on any atom is 0.233 e. The first kappa shape index (κ1) is 21.6. The van der Waals surface area contributed by atoms with Gasteiger partial charge in [0.15, 0.2) is 5.13 Å². The van der Waals surface area contributed by atoms with E-state index in [0.29, 0.717) is 23.1 Å². The van der Waals surface area contributed by atoms with Gasteiger partial charge in [0.25, 0.3) is 0 Å². The molecule has 0 bridgehead atoms. The fourth-order valence-corrected chi connectivity index (χ4v) is 4.45. The van der Waals surface area contributed by atoms with Crippen LogP contribution < -0.4 is 9.64 Å². The van der Waals surface area contributed by atoms with Gasteiger partial charge in [0.2, 0.25) is 5.91 Å². The number of carbonyl (C=O) groups is 1. The summed E-state index contributed by atoms with van der Waals surface area (Å²) in [5.41, 5.74) is 1.70. The number of hydrogen-bond acceptors (Lipinski definition) is 5. The standard InChI is InChI=1S/C22H26ClN3O2S/c1-4-25(5-2)13-14-26(20(27)15-16-9-11-17(28-3)12-10-16)22-24-21-18(23)7-6-8-19(21)29-22/h6-12H,4-5,13-15H2,1-3H3. The summed E-state index contributed by atoms with van der Waals surface area (Å²) < 4.78 is 6.19. The summed E-state index contributed by atoms with van der Waals surface area (Å²) >= 11 is 7.81. The van der Waals surface area contributed by atoms with Gasteiger partial charge < -0.3 is 9.64 Å². The second kappa shape index (κ2) is 10.1. The lowest BCUT2D eigenvalue weighted by molar-refractivity contribution is -0.118. The fraction of sp³-hybridized carbons (Fsp3) is 0.364. The number of para-hydroxylation sites is 1. The van der Waals surface area contributed by atoms with E-state index in [9.17, 15) is 4.79 Å². The summed E-state index contributed by atoms with van der Waals surface area (Å²) in [5.74, 6) is 0.804. The highest BCUT2D eigenvalue weighted by molar-refractivity contribution is 7.22. The number of ether oxygens (including phenoxy) is 1. The Morgan fingerprint density at radius 2 is 1.83 bits per heavy atom. The Morgan fingerprint density at radius 3 is 2.45 bits per heavy atom. The average molecular weight is 432 g/mol. The normalized spacial score (nSPS) is 11.2. The van der Waals surface area contributed by atoms with E-state index in [4.69, 9.17) is 16.3 Å². The predicted molar refractivity (Wildman–Crippen MR) is 121 cm³/mol.